The molecular weight excluding hydrogens is 370 g/mol. The maximum absolute atomic E-state index is 12.0. The maximum Gasteiger partial charge on any atom is 0.257 e. The van der Waals surface area contributed by atoms with Crippen LogP contribution in [0.15, 0.2) is 47.0 Å². The quantitative estimate of drug-likeness (QED) is 0.652. The fourth-order valence-corrected chi connectivity index (χ4v) is 3.07. The molecule has 0 atom stereocenters. The smallest absolute Gasteiger partial charge is 0.257 e. The molecule has 0 bridgehead atoms. The van der Waals surface area contributed by atoms with Crippen LogP contribution in [0, 0.1) is 13.8 Å². The zero-order valence-electron chi connectivity index (χ0n) is 14.5. The van der Waals surface area contributed by atoms with E-state index in [1.807, 2.05) is 50.2 Å². The molecule has 1 heterocycles. The monoisotopic (exact) mass is 387 g/mol. The molecule has 0 aliphatic heterocycles. The molecule has 26 heavy (non-hydrogen) atoms. The number of anilines is 1. The molecule has 0 unspecified atom stereocenters. The number of hydrogen-bond acceptors (Lipinski definition) is 5. The van der Waals surface area contributed by atoms with Crippen LogP contribution in [0.1, 0.15) is 17.0 Å². The largest absolute Gasteiger partial charge is 0.334 e. The normalized spacial score (nSPS) is 10.7. The summed E-state index contributed by atoms with van der Waals surface area (Å²) in [7, 11) is 0. The lowest BCUT2D eigenvalue weighted by molar-refractivity contribution is -0.113. The number of thioether (sulfide) groups is 1. The third-order valence-electron chi connectivity index (χ3n) is 3.69. The first-order valence-corrected chi connectivity index (χ1v) is 9.58. The number of aryl methyl sites for hydroxylation is 2. The van der Waals surface area contributed by atoms with Crippen LogP contribution in [-0.4, -0.2) is 21.8 Å². The van der Waals surface area contributed by atoms with E-state index in [0.717, 1.165) is 11.1 Å². The number of benzene rings is 2. The van der Waals surface area contributed by atoms with Crippen molar-refractivity contribution in [2.75, 3.05) is 11.1 Å². The van der Waals surface area contributed by atoms with Gasteiger partial charge in [-0.1, -0.05) is 40.5 Å². The predicted molar refractivity (Wildman–Crippen MR) is 105 cm³/mol. The van der Waals surface area contributed by atoms with E-state index in [1.54, 1.807) is 6.07 Å². The van der Waals surface area contributed by atoms with Gasteiger partial charge in [0.15, 0.2) is 5.82 Å². The number of nitrogens with one attached hydrogen (secondary N) is 1. The Kier molecular flexibility index (Phi) is 5.96. The Morgan fingerprint density at radius 1 is 1.19 bits per heavy atom. The lowest BCUT2D eigenvalue weighted by Crippen LogP contribution is -2.14. The van der Waals surface area contributed by atoms with E-state index in [9.17, 15) is 4.79 Å². The Hall–Kier alpha value is -2.31. The van der Waals surface area contributed by atoms with E-state index in [0.29, 0.717) is 33.9 Å². The summed E-state index contributed by atoms with van der Waals surface area (Å²) in [5.74, 6) is 1.74. The Balaban J connectivity index is 1.49. The first kappa shape index (κ1) is 18.5. The molecule has 3 rings (SSSR count). The van der Waals surface area contributed by atoms with Crippen molar-refractivity contribution in [2.24, 2.45) is 0 Å². The predicted octanol–water partition coefficient (Wildman–Crippen LogP) is 4.88. The van der Waals surface area contributed by atoms with Gasteiger partial charge >= 0.3 is 0 Å². The van der Waals surface area contributed by atoms with Crippen LogP contribution >= 0.6 is 23.4 Å². The molecule has 1 N–H and O–H groups in total. The van der Waals surface area contributed by atoms with Gasteiger partial charge in [0.05, 0.1) is 11.5 Å². The van der Waals surface area contributed by atoms with Crippen LogP contribution in [-0.2, 0) is 10.5 Å². The second-order valence-electron chi connectivity index (χ2n) is 5.89. The number of halogens is 1. The molecule has 7 heteroatoms. The molecular formula is C19H18ClN3O2S. The molecule has 0 aliphatic rings. The minimum Gasteiger partial charge on any atom is -0.334 e. The summed E-state index contributed by atoms with van der Waals surface area (Å²) >= 11 is 7.48. The number of amides is 1. The van der Waals surface area contributed by atoms with E-state index < -0.39 is 0 Å². The highest BCUT2D eigenvalue weighted by molar-refractivity contribution is 7.99. The molecule has 0 spiro atoms. The Bertz CT molecular complexity index is 909. The molecule has 5 nitrogen and oxygen atoms in total. The molecule has 2 aromatic carbocycles. The van der Waals surface area contributed by atoms with Gasteiger partial charge in [0.1, 0.15) is 0 Å². The summed E-state index contributed by atoms with van der Waals surface area (Å²) in [6, 6.07) is 13.3. The zero-order chi connectivity index (χ0) is 18.5. The summed E-state index contributed by atoms with van der Waals surface area (Å²) in [4.78, 5) is 16.4. The van der Waals surface area contributed by atoms with Gasteiger partial charge in [-0.2, -0.15) is 4.98 Å². The Morgan fingerprint density at radius 3 is 2.69 bits per heavy atom. The van der Waals surface area contributed by atoms with Crippen LogP contribution in [0.25, 0.3) is 11.5 Å². The number of aromatic nitrogens is 2. The second kappa shape index (κ2) is 8.38. The van der Waals surface area contributed by atoms with Gasteiger partial charge in [-0.3, -0.25) is 4.79 Å². The van der Waals surface area contributed by atoms with Gasteiger partial charge in [0.2, 0.25) is 5.91 Å². The molecule has 0 saturated carbocycles. The SMILES string of the molecule is Cc1ccc(-c2nc(CSCC(=O)Nc3ccc(C)c(Cl)c3)no2)cc1. The van der Waals surface area contributed by atoms with E-state index in [4.69, 9.17) is 16.1 Å². The summed E-state index contributed by atoms with van der Waals surface area (Å²) in [6.07, 6.45) is 0. The van der Waals surface area contributed by atoms with Crippen LogP contribution in [0.5, 0.6) is 0 Å². The summed E-state index contributed by atoms with van der Waals surface area (Å²) in [6.45, 7) is 3.94. The molecule has 1 amide bonds. The average Bonchev–Trinajstić information content (AvgIpc) is 3.08. The molecule has 0 fully saturated rings. The fourth-order valence-electron chi connectivity index (χ4n) is 2.23. The Labute approximate surface area is 161 Å². The Morgan fingerprint density at radius 2 is 1.96 bits per heavy atom. The van der Waals surface area contributed by atoms with Crippen molar-refractivity contribution in [3.05, 3.63) is 64.4 Å². The van der Waals surface area contributed by atoms with Crippen LogP contribution in [0.2, 0.25) is 5.02 Å². The van der Waals surface area contributed by atoms with Crippen LogP contribution in [0.3, 0.4) is 0 Å². The molecule has 1 aromatic heterocycles. The molecule has 134 valence electrons. The highest BCUT2D eigenvalue weighted by atomic mass is 35.5. The second-order valence-corrected chi connectivity index (χ2v) is 7.28. The van der Waals surface area contributed by atoms with Gasteiger partial charge in [-0.05, 0) is 43.7 Å². The van der Waals surface area contributed by atoms with Crippen molar-refractivity contribution < 1.29 is 9.32 Å². The first-order chi connectivity index (χ1) is 12.5. The molecule has 3 aromatic rings. The van der Waals surface area contributed by atoms with E-state index in [2.05, 4.69) is 15.5 Å². The van der Waals surface area contributed by atoms with Gasteiger partial charge in [-0.15, -0.1) is 11.8 Å². The van der Waals surface area contributed by atoms with Crippen molar-refractivity contribution in [3.63, 3.8) is 0 Å². The summed E-state index contributed by atoms with van der Waals surface area (Å²) in [5, 5.41) is 7.42. The minimum atomic E-state index is -0.0998. The van der Waals surface area contributed by atoms with E-state index in [1.165, 1.54) is 17.3 Å². The van der Waals surface area contributed by atoms with Crippen molar-refractivity contribution in [1.29, 1.82) is 0 Å². The highest BCUT2D eigenvalue weighted by Gasteiger charge is 2.10. The minimum absolute atomic E-state index is 0.0998. The van der Waals surface area contributed by atoms with Crippen molar-refractivity contribution in [1.82, 2.24) is 10.1 Å². The number of rotatable bonds is 6. The lowest BCUT2D eigenvalue weighted by atomic mass is 10.1. The fraction of sp³-hybridized carbons (Fsp3) is 0.211. The van der Waals surface area contributed by atoms with Crippen molar-refractivity contribution in [2.45, 2.75) is 19.6 Å². The average molecular weight is 388 g/mol. The standard InChI is InChI=1S/C19H18ClN3O2S/c1-12-3-6-14(7-4-12)19-22-17(23-25-19)10-26-11-18(24)21-15-8-5-13(2)16(20)9-15/h3-9H,10-11H2,1-2H3,(H,21,24). The van der Waals surface area contributed by atoms with E-state index in [-0.39, 0.29) is 5.91 Å². The third-order valence-corrected chi connectivity index (χ3v) is 5.02. The third kappa shape index (κ3) is 4.86. The van der Waals surface area contributed by atoms with E-state index >= 15 is 0 Å². The maximum atomic E-state index is 12.0. The first-order valence-electron chi connectivity index (χ1n) is 8.04. The van der Waals surface area contributed by atoms with Gasteiger partial charge < -0.3 is 9.84 Å². The topological polar surface area (TPSA) is 68.0 Å². The van der Waals surface area contributed by atoms with Crippen LogP contribution < -0.4 is 5.32 Å². The number of carbonyl (C=O) groups excluding carboxylic acids is 1. The number of carbonyl (C=O) groups is 1. The van der Waals surface area contributed by atoms with Gasteiger partial charge in [0, 0.05) is 16.3 Å². The number of nitrogens with zero attached hydrogens (tertiary/aromatic N) is 2. The lowest BCUT2D eigenvalue weighted by Gasteiger charge is -2.06. The zero-order valence-corrected chi connectivity index (χ0v) is 16.0. The summed E-state index contributed by atoms with van der Waals surface area (Å²) in [5.41, 5.74) is 3.71. The summed E-state index contributed by atoms with van der Waals surface area (Å²) < 4.78 is 5.28. The molecule has 0 saturated heterocycles. The van der Waals surface area contributed by atoms with Gasteiger partial charge in [0.25, 0.3) is 5.89 Å². The van der Waals surface area contributed by atoms with Crippen molar-refractivity contribution in [3.8, 4) is 11.5 Å². The van der Waals surface area contributed by atoms with Crippen molar-refractivity contribution >= 4 is 35.0 Å². The van der Waals surface area contributed by atoms with Crippen LogP contribution in [0.4, 0.5) is 5.69 Å². The van der Waals surface area contributed by atoms with Gasteiger partial charge in [-0.25, -0.2) is 0 Å². The molecule has 0 aliphatic carbocycles. The highest BCUT2D eigenvalue weighted by Crippen LogP contribution is 2.21. The number of hydrogen-bond donors (Lipinski definition) is 1. The molecule has 0 radical (unpaired) electrons.